The van der Waals surface area contributed by atoms with Gasteiger partial charge < -0.3 is 0 Å². The van der Waals surface area contributed by atoms with Gasteiger partial charge in [0.15, 0.2) is 5.82 Å². The predicted octanol–water partition coefficient (Wildman–Crippen LogP) is 8.93. The Morgan fingerprint density at radius 2 is 1.64 bits per heavy atom. The lowest BCUT2D eigenvalue weighted by Gasteiger charge is -2.30. The fourth-order valence-corrected chi connectivity index (χ4v) is 8.71. The first-order chi connectivity index (χ1) is 19.2. The van der Waals surface area contributed by atoms with E-state index in [2.05, 4.69) is 108 Å². The van der Waals surface area contributed by atoms with Crippen LogP contribution in [0.2, 0.25) is 0 Å². The Hall–Kier alpha value is -3.63. The second-order valence-electron chi connectivity index (χ2n) is 11.3. The topological polar surface area (TPSA) is 30.7 Å². The number of benzene rings is 3. The van der Waals surface area contributed by atoms with Crippen LogP contribution < -0.4 is 0 Å². The van der Waals surface area contributed by atoms with Crippen molar-refractivity contribution in [3.05, 3.63) is 108 Å². The predicted molar refractivity (Wildman–Crippen MR) is 162 cm³/mol. The van der Waals surface area contributed by atoms with E-state index in [9.17, 15) is 0 Å². The van der Waals surface area contributed by atoms with Crippen molar-refractivity contribution >= 4 is 22.7 Å². The summed E-state index contributed by atoms with van der Waals surface area (Å²) in [7, 11) is 0. The van der Waals surface area contributed by atoms with Crippen LogP contribution in [0.5, 0.6) is 0 Å². The highest BCUT2D eigenvalue weighted by Gasteiger charge is 2.44. The van der Waals surface area contributed by atoms with Crippen LogP contribution >= 0.6 is 11.8 Å². The maximum Gasteiger partial charge on any atom is 0.162 e. The van der Waals surface area contributed by atoms with Crippen molar-refractivity contribution in [1.82, 2.24) is 14.5 Å². The summed E-state index contributed by atoms with van der Waals surface area (Å²) < 4.78 is 2.64. The van der Waals surface area contributed by atoms with Crippen molar-refractivity contribution in [2.75, 3.05) is 0 Å². The Morgan fingerprint density at radius 1 is 0.872 bits per heavy atom. The largest absolute Gasteiger partial charge is 0.298 e. The van der Waals surface area contributed by atoms with Crippen LogP contribution in [0, 0.1) is 0 Å². The highest BCUT2D eigenvalue weighted by molar-refractivity contribution is 8.01. The van der Waals surface area contributed by atoms with E-state index in [1.54, 1.807) is 11.1 Å². The lowest BCUT2D eigenvalue weighted by Crippen LogP contribution is -2.24. The molecule has 8 rings (SSSR count). The lowest BCUT2D eigenvalue weighted by atomic mass is 9.79. The average Bonchev–Trinajstić information content (AvgIpc) is 3.49. The summed E-state index contributed by atoms with van der Waals surface area (Å²) in [5, 5.41) is 1.48. The molecule has 3 nitrogen and oxygen atoms in total. The summed E-state index contributed by atoms with van der Waals surface area (Å²) in [6.45, 7) is 2.44. The first-order valence-corrected chi connectivity index (χ1v) is 15.1. The van der Waals surface area contributed by atoms with Gasteiger partial charge in [0.2, 0.25) is 0 Å². The molecular weight excluding hydrogens is 494 g/mol. The number of rotatable bonds is 3. The second-order valence-corrected chi connectivity index (χ2v) is 12.8. The van der Waals surface area contributed by atoms with Gasteiger partial charge in [-0.25, -0.2) is 9.97 Å². The molecule has 3 aromatic carbocycles. The minimum Gasteiger partial charge on any atom is -0.298 e. The van der Waals surface area contributed by atoms with E-state index < -0.39 is 0 Å². The van der Waals surface area contributed by atoms with Crippen molar-refractivity contribution in [3.8, 4) is 28.5 Å². The Labute approximate surface area is 234 Å². The minimum atomic E-state index is 0.161. The first-order valence-electron chi connectivity index (χ1n) is 14.3. The second kappa shape index (κ2) is 8.96. The summed E-state index contributed by atoms with van der Waals surface area (Å²) >= 11 is 2.10. The van der Waals surface area contributed by atoms with Gasteiger partial charge in [0.25, 0.3) is 0 Å². The van der Waals surface area contributed by atoms with Crippen LogP contribution in [-0.4, -0.2) is 19.3 Å². The molecule has 2 aromatic heterocycles. The molecule has 0 spiro atoms. The minimum absolute atomic E-state index is 0.161. The van der Waals surface area contributed by atoms with E-state index in [1.807, 2.05) is 6.07 Å². The van der Waals surface area contributed by atoms with E-state index in [0.717, 1.165) is 41.3 Å². The molecule has 4 heteroatoms. The fourth-order valence-electron chi connectivity index (χ4n) is 7.06. The zero-order chi connectivity index (χ0) is 26.0. The van der Waals surface area contributed by atoms with Gasteiger partial charge in [-0.1, -0.05) is 78.9 Å². The molecule has 0 N–H and O–H groups in total. The maximum atomic E-state index is 5.24. The monoisotopic (exact) mass is 525 g/mol. The molecule has 1 aliphatic heterocycles. The fraction of sp³-hybridized carbons (Fsp3) is 0.257. The molecular formula is C35H31N3S. The van der Waals surface area contributed by atoms with Crippen LogP contribution in [0.1, 0.15) is 55.3 Å². The Morgan fingerprint density at radius 3 is 2.46 bits per heavy atom. The number of allylic oxidation sites excluding steroid dienone is 1. The molecule has 0 bridgehead atoms. The summed E-state index contributed by atoms with van der Waals surface area (Å²) in [5.74, 6) is 2.35. The standard InChI is InChI=1S/C35H31N3S/c1-35-21-11-10-17-27(35)25-19-20-30-32(33(25)39-35)26-16-8-9-18-29(26)38(30)31-22-28(23-12-4-2-5-13-23)36-34(37-31)24-14-6-3-7-15-24/h2-7,11-15,19-22,27H,8-10,16-18H2,1H3. The molecule has 0 radical (unpaired) electrons. The van der Waals surface area contributed by atoms with E-state index in [4.69, 9.17) is 9.97 Å². The smallest absolute Gasteiger partial charge is 0.162 e. The summed E-state index contributed by atoms with van der Waals surface area (Å²) in [4.78, 5) is 11.8. The number of fused-ring (bicyclic) bond motifs is 7. The van der Waals surface area contributed by atoms with Gasteiger partial charge in [-0.15, -0.1) is 11.8 Å². The third kappa shape index (κ3) is 3.65. The molecule has 0 fully saturated rings. The van der Waals surface area contributed by atoms with Gasteiger partial charge in [-0.2, -0.15) is 0 Å². The number of hydrogen-bond donors (Lipinski definition) is 0. The molecule has 3 heterocycles. The highest BCUT2D eigenvalue weighted by Crippen LogP contribution is 2.60. The SMILES string of the molecule is CC12C=CCCC1c1ccc3c(c4c(n3-c3cc(-c5ccccc5)nc(-c5ccccc5)n3)CCCC4)c1S2. The molecule has 0 amide bonds. The van der Waals surface area contributed by atoms with Crippen molar-refractivity contribution in [2.24, 2.45) is 0 Å². The molecule has 3 aliphatic rings. The van der Waals surface area contributed by atoms with Crippen LogP contribution in [0.4, 0.5) is 0 Å². The van der Waals surface area contributed by atoms with E-state index in [-0.39, 0.29) is 4.75 Å². The first kappa shape index (κ1) is 23.3. The number of hydrogen-bond acceptors (Lipinski definition) is 3. The van der Waals surface area contributed by atoms with Gasteiger partial charge in [0.1, 0.15) is 5.82 Å². The molecule has 2 aliphatic carbocycles. The van der Waals surface area contributed by atoms with E-state index in [1.165, 1.54) is 47.2 Å². The highest BCUT2D eigenvalue weighted by atomic mass is 32.2. The van der Waals surface area contributed by atoms with Crippen molar-refractivity contribution in [2.45, 2.75) is 61.0 Å². The number of aromatic nitrogens is 3. The van der Waals surface area contributed by atoms with Gasteiger partial charge in [-0.05, 0) is 62.6 Å². The van der Waals surface area contributed by atoms with Gasteiger partial charge in [0, 0.05) is 43.8 Å². The molecule has 0 saturated heterocycles. The third-order valence-corrected chi connectivity index (χ3v) is 10.4. The van der Waals surface area contributed by atoms with Crippen molar-refractivity contribution in [1.29, 1.82) is 0 Å². The summed E-state index contributed by atoms with van der Waals surface area (Å²) in [5.41, 5.74) is 8.97. The molecule has 5 aromatic rings. The number of aryl methyl sites for hydroxylation is 1. The molecule has 0 saturated carbocycles. The third-order valence-electron chi connectivity index (χ3n) is 8.92. The van der Waals surface area contributed by atoms with E-state index in [0.29, 0.717) is 5.92 Å². The normalized spacial score (nSPS) is 21.5. The van der Waals surface area contributed by atoms with Gasteiger partial charge in [-0.3, -0.25) is 4.57 Å². The van der Waals surface area contributed by atoms with E-state index >= 15 is 0 Å². The quantitative estimate of drug-likeness (QED) is 0.220. The maximum absolute atomic E-state index is 5.24. The van der Waals surface area contributed by atoms with Crippen LogP contribution in [0.3, 0.4) is 0 Å². The van der Waals surface area contributed by atoms with Crippen molar-refractivity contribution < 1.29 is 0 Å². The molecule has 192 valence electrons. The summed E-state index contributed by atoms with van der Waals surface area (Å²) in [6.07, 6.45) is 12.0. The Bertz CT molecular complexity index is 1690. The van der Waals surface area contributed by atoms with Gasteiger partial charge in [0.05, 0.1) is 11.2 Å². The van der Waals surface area contributed by atoms with Crippen LogP contribution in [0.25, 0.3) is 39.4 Å². The number of thioether (sulfide) groups is 1. The van der Waals surface area contributed by atoms with Crippen LogP contribution in [-0.2, 0) is 12.8 Å². The Kier molecular flexibility index (Phi) is 5.34. The molecule has 2 atom stereocenters. The van der Waals surface area contributed by atoms with Crippen molar-refractivity contribution in [3.63, 3.8) is 0 Å². The summed E-state index contributed by atoms with van der Waals surface area (Å²) in [6, 6.07) is 27.9. The zero-order valence-electron chi connectivity index (χ0n) is 22.2. The molecule has 2 unspecified atom stereocenters. The lowest BCUT2D eigenvalue weighted by molar-refractivity contribution is 0.537. The average molecular weight is 526 g/mol. The zero-order valence-corrected chi connectivity index (χ0v) is 23.0. The number of nitrogens with zero attached hydrogens (tertiary/aromatic N) is 3. The Balaban J connectivity index is 1.40. The molecule has 39 heavy (non-hydrogen) atoms. The van der Waals surface area contributed by atoms with Gasteiger partial charge >= 0.3 is 0 Å². The van der Waals surface area contributed by atoms with Crippen LogP contribution in [0.15, 0.2) is 95.9 Å².